The molecule has 0 aromatic heterocycles. The van der Waals surface area contributed by atoms with E-state index >= 15 is 0 Å². The fraction of sp³-hybridized carbons (Fsp3) is 0.345. The van der Waals surface area contributed by atoms with Crippen molar-refractivity contribution >= 4 is 5.91 Å². The number of carbonyl (C=O) groups excluding carboxylic acids is 1. The van der Waals surface area contributed by atoms with E-state index in [4.69, 9.17) is 14.2 Å². The van der Waals surface area contributed by atoms with E-state index in [-0.39, 0.29) is 17.8 Å². The van der Waals surface area contributed by atoms with Gasteiger partial charge >= 0.3 is 0 Å². The Morgan fingerprint density at radius 1 is 0.889 bits per heavy atom. The number of rotatable bonds is 9. The van der Waals surface area contributed by atoms with Gasteiger partial charge in [-0.15, -0.1) is 0 Å². The predicted molar refractivity (Wildman–Crippen MR) is 138 cm³/mol. The molecule has 0 radical (unpaired) electrons. The maximum absolute atomic E-state index is 13.8. The summed E-state index contributed by atoms with van der Waals surface area (Å²) in [5.41, 5.74) is 3.66. The highest BCUT2D eigenvalue weighted by Gasteiger charge is 2.28. The number of methoxy groups -OCH3 is 3. The van der Waals surface area contributed by atoms with E-state index in [9.17, 15) is 9.18 Å². The van der Waals surface area contributed by atoms with E-state index in [0.29, 0.717) is 30.3 Å². The topological polar surface area (TPSA) is 60.0 Å². The van der Waals surface area contributed by atoms with Crippen molar-refractivity contribution in [2.24, 2.45) is 0 Å². The maximum atomic E-state index is 13.8. The minimum atomic E-state index is -0.301. The number of benzene rings is 3. The van der Waals surface area contributed by atoms with Gasteiger partial charge in [-0.3, -0.25) is 9.69 Å². The number of hydrogen-bond acceptors (Lipinski definition) is 5. The van der Waals surface area contributed by atoms with Crippen LogP contribution < -0.4 is 19.5 Å². The number of carbonyl (C=O) groups is 1. The molecule has 1 amide bonds. The largest absolute Gasteiger partial charge is 0.496 e. The molecule has 1 saturated heterocycles. The second-order valence-electron chi connectivity index (χ2n) is 8.93. The van der Waals surface area contributed by atoms with Crippen LogP contribution >= 0.6 is 0 Å². The summed E-state index contributed by atoms with van der Waals surface area (Å²) in [6, 6.07) is 18.0. The first-order valence-corrected chi connectivity index (χ1v) is 12.2. The third-order valence-electron chi connectivity index (χ3n) is 6.64. The Bertz CT molecular complexity index is 1180. The minimum absolute atomic E-state index is 0.0330. The molecule has 7 heteroatoms. The minimum Gasteiger partial charge on any atom is -0.496 e. The Labute approximate surface area is 212 Å². The smallest absolute Gasteiger partial charge is 0.237 e. The van der Waals surface area contributed by atoms with Crippen LogP contribution in [0.2, 0.25) is 0 Å². The standard InChI is InChI=1S/C29H33FN2O4/c1-34-26-14-12-23(30)17-24(26)22-10-7-20(8-11-22)19-32-15-5-4-6-25(32)29(33)31-18-21-9-13-27(35-2)28(16-21)36-3/h7-14,16-17,25H,4-6,15,18-19H2,1-3H3,(H,31,33). The summed E-state index contributed by atoms with van der Waals surface area (Å²) in [4.78, 5) is 15.4. The molecule has 1 N–H and O–H groups in total. The lowest BCUT2D eigenvalue weighted by molar-refractivity contribution is -0.128. The molecule has 0 spiro atoms. The number of amides is 1. The third-order valence-corrected chi connectivity index (χ3v) is 6.64. The van der Waals surface area contributed by atoms with E-state index in [1.165, 1.54) is 12.1 Å². The van der Waals surface area contributed by atoms with Crippen LogP contribution in [0.25, 0.3) is 11.1 Å². The Kier molecular flexibility index (Phi) is 8.44. The van der Waals surface area contributed by atoms with Crippen molar-refractivity contribution in [3.8, 4) is 28.4 Å². The van der Waals surface area contributed by atoms with Crippen LogP contribution in [-0.2, 0) is 17.9 Å². The fourth-order valence-electron chi connectivity index (χ4n) is 4.70. The van der Waals surface area contributed by atoms with Gasteiger partial charge in [-0.1, -0.05) is 36.8 Å². The lowest BCUT2D eigenvalue weighted by Gasteiger charge is -2.34. The van der Waals surface area contributed by atoms with Gasteiger partial charge in [0.25, 0.3) is 0 Å². The number of halogens is 1. The van der Waals surface area contributed by atoms with E-state index in [1.807, 2.05) is 42.5 Å². The summed E-state index contributed by atoms with van der Waals surface area (Å²) in [5.74, 6) is 1.66. The Morgan fingerprint density at radius 3 is 2.31 bits per heavy atom. The third kappa shape index (κ3) is 5.97. The zero-order valence-electron chi connectivity index (χ0n) is 21.1. The van der Waals surface area contributed by atoms with Gasteiger partial charge in [0, 0.05) is 18.7 Å². The molecule has 0 aliphatic carbocycles. The van der Waals surface area contributed by atoms with Crippen molar-refractivity contribution in [1.82, 2.24) is 10.2 Å². The molecule has 1 heterocycles. The van der Waals surface area contributed by atoms with E-state index in [2.05, 4.69) is 10.2 Å². The van der Waals surface area contributed by atoms with Gasteiger partial charge in [-0.25, -0.2) is 4.39 Å². The average Bonchev–Trinajstić information content (AvgIpc) is 2.92. The number of likely N-dealkylation sites (tertiary alicyclic amines) is 1. The van der Waals surface area contributed by atoms with Crippen molar-refractivity contribution in [3.05, 3.63) is 77.6 Å². The summed E-state index contributed by atoms with van der Waals surface area (Å²) in [5, 5.41) is 3.10. The first-order chi connectivity index (χ1) is 17.5. The van der Waals surface area contributed by atoms with E-state index < -0.39 is 0 Å². The van der Waals surface area contributed by atoms with E-state index in [0.717, 1.165) is 48.1 Å². The molecule has 1 aliphatic heterocycles. The van der Waals surface area contributed by atoms with Crippen LogP contribution in [0, 0.1) is 5.82 Å². The normalized spacial score (nSPS) is 15.8. The van der Waals surface area contributed by atoms with Crippen LogP contribution in [-0.4, -0.2) is 44.7 Å². The first kappa shape index (κ1) is 25.5. The van der Waals surface area contributed by atoms with Crippen LogP contribution in [0.5, 0.6) is 17.2 Å². The highest BCUT2D eigenvalue weighted by atomic mass is 19.1. The van der Waals surface area contributed by atoms with Gasteiger partial charge in [-0.2, -0.15) is 0 Å². The van der Waals surface area contributed by atoms with Crippen molar-refractivity contribution in [1.29, 1.82) is 0 Å². The van der Waals surface area contributed by atoms with Crippen molar-refractivity contribution in [2.75, 3.05) is 27.9 Å². The number of nitrogens with one attached hydrogen (secondary N) is 1. The van der Waals surface area contributed by atoms with Crippen molar-refractivity contribution < 1.29 is 23.4 Å². The highest BCUT2D eigenvalue weighted by Crippen LogP contribution is 2.31. The van der Waals surface area contributed by atoms with Crippen LogP contribution in [0.4, 0.5) is 4.39 Å². The first-order valence-electron chi connectivity index (χ1n) is 12.2. The second-order valence-corrected chi connectivity index (χ2v) is 8.93. The second kappa shape index (κ2) is 11.9. The van der Waals surface area contributed by atoms with Gasteiger partial charge in [0.15, 0.2) is 11.5 Å². The molecule has 0 bridgehead atoms. The quantitative estimate of drug-likeness (QED) is 0.446. The molecule has 1 fully saturated rings. The zero-order valence-corrected chi connectivity index (χ0v) is 21.1. The fourth-order valence-corrected chi connectivity index (χ4v) is 4.70. The summed E-state index contributed by atoms with van der Waals surface area (Å²) < 4.78 is 29.9. The molecule has 6 nitrogen and oxygen atoms in total. The Morgan fingerprint density at radius 2 is 1.58 bits per heavy atom. The van der Waals surface area contributed by atoms with Gasteiger partial charge < -0.3 is 19.5 Å². The van der Waals surface area contributed by atoms with Gasteiger partial charge in [-0.05, 0) is 66.4 Å². The summed E-state index contributed by atoms with van der Waals surface area (Å²) in [6.45, 7) is 1.97. The molecule has 3 aromatic carbocycles. The van der Waals surface area contributed by atoms with Crippen LogP contribution in [0.15, 0.2) is 60.7 Å². The molecule has 1 unspecified atom stereocenters. The summed E-state index contributed by atoms with van der Waals surface area (Å²) in [6.07, 6.45) is 2.93. The molecule has 3 aromatic rings. The van der Waals surface area contributed by atoms with Crippen LogP contribution in [0.1, 0.15) is 30.4 Å². The SMILES string of the molecule is COc1ccc(CNC(=O)C2CCCCN2Cc2ccc(-c3cc(F)ccc3OC)cc2)cc1OC. The molecule has 1 atom stereocenters. The molecule has 0 saturated carbocycles. The molecule has 36 heavy (non-hydrogen) atoms. The Hall–Kier alpha value is -3.58. The molecule has 1 aliphatic rings. The van der Waals surface area contributed by atoms with E-state index in [1.54, 1.807) is 27.4 Å². The molecule has 190 valence electrons. The molecule has 4 rings (SSSR count). The predicted octanol–water partition coefficient (Wildman–Crippen LogP) is 5.19. The summed E-state index contributed by atoms with van der Waals surface area (Å²) in [7, 11) is 4.78. The average molecular weight is 493 g/mol. The molecular formula is C29H33FN2O4. The lowest BCUT2D eigenvalue weighted by atomic mass is 9.99. The number of ether oxygens (including phenoxy) is 3. The Balaban J connectivity index is 1.41. The zero-order chi connectivity index (χ0) is 25.5. The monoisotopic (exact) mass is 492 g/mol. The van der Waals surface area contributed by atoms with Crippen molar-refractivity contribution in [3.63, 3.8) is 0 Å². The number of nitrogens with zero attached hydrogens (tertiary/aromatic N) is 1. The van der Waals surface area contributed by atoms with Crippen LogP contribution in [0.3, 0.4) is 0 Å². The highest BCUT2D eigenvalue weighted by molar-refractivity contribution is 5.81. The number of piperidine rings is 1. The van der Waals surface area contributed by atoms with Gasteiger partial charge in [0.1, 0.15) is 11.6 Å². The van der Waals surface area contributed by atoms with Gasteiger partial charge in [0.2, 0.25) is 5.91 Å². The van der Waals surface area contributed by atoms with Crippen molar-refractivity contribution in [2.45, 2.75) is 38.4 Å². The summed E-state index contributed by atoms with van der Waals surface area (Å²) >= 11 is 0. The number of hydrogen-bond donors (Lipinski definition) is 1. The lowest BCUT2D eigenvalue weighted by Crippen LogP contribution is -2.48. The molecular weight excluding hydrogens is 459 g/mol. The van der Waals surface area contributed by atoms with Gasteiger partial charge in [0.05, 0.1) is 27.4 Å². The maximum Gasteiger partial charge on any atom is 0.237 e.